The summed E-state index contributed by atoms with van der Waals surface area (Å²) in [6, 6.07) is 60.7. The van der Waals surface area contributed by atoms with E-state index in [2.05, 4.69) is 170 Å². The molecule has 0 amide bonds. The van der Waals surface area contributed by atoms with E-state index >= 15 is 0 Å². The molecule has 3 nitrogen and oxygen atoms in total. The van der Waals surface area contributed by atoms with Gasteiger partial charge in [0.05, 0.1) is 0 Å². The van der Waals surface area contributed by atoms with Crippen LogP contribution in [0.4, 0.5) is 17.1 Å². The molecule has 0 saturated carbocycles. The van der Waals surface area contributed by atoms with Crippen LogP contribution in [0.15, 0.2) is 174 Å². The van der Waals surface area contributed by atoms with Crippen molar-refractivity contribution in [2.75, 3.05) is 4.90 Å². The van der Waals surface area contributed by atoms with Gasteiger partial charge in [-0.3, -0.25) is 0 Å². The summed E-state index contributed by atoms with van der Waals surface area (Å²) < 4.78 is 6.58. The molecule has 242 valence electrons. The van der Waals surface area contributed by atoms with Crippen molar-refractivity contribution >= 4 is 49.7 Å². The average Bonchev–Trinajstić information content (AvgIpc) is 3.74. The summed E-state index contributed by atoms with van der Waals surface area (Å²) in [5.74, 6) is 0.627. The summed E-state index contributed by atoms with van der Waals surface area (Å²) in [5, 5.41) is 4.43. The summed E-state index contributed by atoms with van der Waals surface area (Å²) in [6.45, 7) is 4.68. The Morgan fingerprint density at radius 1 is 0.451 bits per heavy atom. The number of nitrogens with zero attached hydrogens (tertiary/aromatic N) is 2. The average molecular weight is 655 g/mol. The molecule has 1 aliphatic carbocycles. The van der Waals surface area contributed by atoms with Gasteiger partial charge in [-0.1, -0.05) is 135 Å². The molecule has 1 heterocycles. The SMILES string of the molecule is CC1(C)c2ccccc2-c2ccc(N(c3ccc(-c4ccccc4)cc3)c3ccc4c5ccccc5c5oc(-c6ccccc6)nc5c4c3)cc21. The number of anilines is 3. The van der Waals surface area contributed by atoms with Crippen LogP contribution in [0, 0.1) is 0 Å². The third-order valence-electron chi connectivity index (χ3n) is 10.7. The van der Waals surface area contributed by atoms with Crippen molar-refractivity contribution in [2.45, 2.75) is 19.3 Å². The molecule has 51 heavy (non-hydrogen) atoms. The lowest BCUT2D eigenvalue weighted by molar-refractivity contribution is 0.623. The van der Waals surface area contributed by atoms with Crippen molar-refractivity contribution in [3.63, 3.8) is 0 Å². The second-order valence-corrected chi connectivity index (χ2v) is 14.0. The Balaban J connectivity index is 1.20. The summed E-state index contributed by atoms with van der Waals surface area (Å²) in [5.41, 5.74) is 13.5. The van der Waals surface area contributed by atoms with Crippen molar-refractivity contribution in [3.8, 4) is 33.7 Å². The maximum absolute atomic E-state index is 6.58. The van der Waals surface area contributed by atoms with E-state index in [0.717, 1.165) is 55.3 Å². The summed E-state index contributed by atoms with van der Waals surface area (Å²) >= 11 is 0. The quantitative estimate of drug-likeness (QED) is 0.173. The summed E-state index contributed by atoms with van der Waals surface area (Å²) in [4.78, 5) is 7.54. The van der Waals surface area contributed by atoms with E-state index < -0.39 is 0 Å². The molecular formula is C48H34N2O. The molecular weight excluding hydrogens is 621 g/mol. The van der Waals surface area contributed by atoms with Crippen LogP contribution in [0.1, 0.15) is 25.0 Å². The maximum Gasteiger partial charge on any atom is 0.227 e. The summed E-state index contributed by atoms with van der Waals surface area (Å²) in [7, 11) is 0. The Bertz CT molecular complexity index is 2760. The lowest BCUT2D eigenvalue weighted by Crippen LogP contribution is -2.16. The van der Waals surface area contributed by atoms with Gasteiger partial charge in [-0.25, -0.2) is 4.98 Å². The number of aromatic nitrogens is 1. The van der Waals surface area contributed by atoms with Gasteiger partial charge in [0, 0.05) is 38.8 Å². The molecule has 1 aliphatic rings. The second-order valence-electron chi connectivity index (χ2n) is 14.0. The minimum Gasteiger partial charge on any atom is -0.435 e. The topological polar surface area (TPSA) is 29.3 Å². The summed E-state index contributed by atoms with van der Waals surface area (Å²) in [6.07, 6.45) is 0. The fourth-order valence-corrected chi connectivity index (χ4v) is 8.12. The molecule has 0 fully saturated rings. The lowest BCUT2D eigenvalue weighted by atomic mass is 9.82. The highest BCUT2D eigenvalue weighted by Crippen LogP contribution is 2.51. The highest BCUT2D eigenvalue weighted by molar-refractivity contribution is 6.23. The smallest absolute Gasteiger partial charge is 0.227 e. The molecule has 0 aliphatic heterocycles. The number of oxazole rings is 1. The molecule has 0 unspecified atom stereocenters. The fourth-order valence-electron chi connectivity index (χ4n) is 8.12. The van der Waals surface area contributed by atoms with Crippen LogP contribution in [-0.2, 0) is 5.41 Å². The molecule has 3 heteroatoms. The number of hydrogen-bond donors (Lipinski definition) is 0. The molecule has 0 N–H and O–H groups in total. The largest absolute Gasteiger partial charge is 0.435 e. The number of rotatable bonds is 5. The van der Waals surface area contributed by atoms with Gasteiger partial charge in [-0.15, -0.1) is 0 Å². The van der Waals surface area contributed by atoms with Crippen LogP contribution in [0.3, 0.4) is 0 Å². The maximum atomic E-state index is 6.58. The standard InChI is InChI=1S/C48H34N2O/c1-48(2)43-20-12-11-18-39(43)40-28-26-36(30-44(40)48)50(34-23-21-32(22-24-34)31-13-5-3-6-14-31)35-25-27-38-37-17-9-10-19-41(37)46-45(42(38)29-35)49-47(51-46)33-15-7-4-8-16-33/h3-30H,1-2H3. The third-order valence-corrected chi connectivity index (χ3v) is 10.7. The van der Waals surface area contributed by atoms with Gasteiger partial charge in [0.15, 0.2) is 5.58 Å². The van der Waals surface area contributed by atoms with Gasteiger partial charge in [-0.05, 0) is 92.7 Å². The van der Waals surface area contributed by atoms with Crippen LogP contribution in [0.2, 0.25) is 0 Å². The molecule has 0 bridgehead atoms. The van der Waals surface area contributed by atoms with Crippen molar-refractivity contribution in [3.05, 3.63) is 181 Å². The molecule has 0 atom stereocenters. The van der Waals surface area contributed by atoms with Crippen LogP contribution in [-0.4, -0.2) is 4.98 Å². The van der Waals surface area contributed by atoms with Gasteiger partial charge in [0.25, 0.3) is 0 Å². The molecule has 10 rings (SSSR count). The zero-order chi connectivity index (χ0) is 34.1. The Kier molecular flexibility index (Phi) is 6.53. The number of hydrogen-bond acceptors (Lipinski definition) is 3. The van der Waals surface area contributed by atoms with Crippen molar-refractivity contribution in [1.82, 2.24) is 4.98 Å². The lowest BCUT2D eigenvalue weighted by Gasteiger charge is -2.28. The van der Waals surface area contributed by atoms with Gasteiger partial charge >= 0.3 is 0 Å². The monoisotopic (exact) mass is 654 g/mol. The first-order chi connectivity index (χ1) is 25.0. The van der Waals surface area contributed by atoms with E-state index in [1.165, 1.54) is 33.4 Å². The number of benzene rings is 8. The van der Waals surface area contributed by atoms with Crippen molar-refractivity contribution < 1.29 is 4.42 Å². The van der Waals surface area contributed by atoms with E-state index in [1.54, 1.807) is 0 Å². The van der Waals surface area contributed by atoms with Gasteiger partial charge in [0.1, 0.15) is 5.52 Å². The molecule has 0 spiro atoms. The predicted molar refractivity (Wildman–Crippen MR) is 212 cm³/mol. The van der Waals surface area contributed by atoms with Crippen LogP contribution in [0.25, 0.3) is 66.4 Å². The molecule has 8 aromatic carbocycles. The van der Waals surface area contributed by atoms with Crippen LogP contribution >= 0.6 is 0 Å². The van der Waals surface area contributed by atoms with E-state index in [1.807, 2.05) is 18.2 Å². The zero-order valence-electron chi connectivity index (χ0n) is 28.5. The highest BCUT2D eigenvalue weighted by atomic mass is 16.3. The first-order valence-corrected chi connectivity index (χ1v) is 17.5. The Labute approximate surface area is 297 Å². The Morgan fingerprint density at radius 2 is 1.02 bits per heavy atom. The Hall–Kier alpha value is -6.45. The van der Waals surface area contributed by atoms with Gasteiger partial charge in [-0.2, -0.15) is 0 Å². The minimum atomic E-state index is -0.117. The first-order valence-electron chi connectivity index (χ1n) is 17.5. The normalized spacial score (nSPS) is 13.1. The molecule has 9 aromatic rings. The number of fused-ring (bicyclic) bond motifs is 9. The molecule has 0 saturated heterocycles. The molecule has 1 aromatic heterocycles. The van der Waals surface area contributed by atoms with E-state index in [0.29, 0.717) is 5.89 Å². The van der Waals surface area contributed by atoms with Crippen LogP contribution < -0.4 is 4.90 Å². The van der Waals surface area contributed by atoms with Crippen molar-refractivity contribution in [2.24, 2.45) is 0 Å². The Morgan fingerprint density at radius 3 is 1.80 bits per heavy atom. The molecule has 0 radical (unpaired) electrons. The van der Waals surface area contributed by atoms with Gasteiger partial charge < -0.3 is 9.32 Å². The van der Waals surface area contributed by atoms with Gasteiger partial charge in [0.2, 0.25) is 5.89 Å². The third kappa shape index (κ3) is 4.62. The van der Waals surface area contributed by atoms with E-state index in [9.17, 15) is 0 Å². The van der Waals surface area contributed by atoms with E-state index in [-0.39, 0.29) is 5.41 Å². The van der Waals surface area contributed by atoms with Crippen LogP contribution in [0.5, 0.6) is 0 Å². The van der Waals surface area contributed by atoms with E-state index in [4.69, 9.17) is 9.40 Å². The van der Waals surface area contributed by atoms with Crippen molar-refractivity contribution in [1.29, 1.82) is 0 Å². The highest BCUT2D eigenvalue weighted by Gasteiger charge is 2.35. The first kappa shape index (κ1) is 29.5. The fraction of sp³-hybridized carbons (Fsp3) is 0.0625. The minimum absolute atomic E-state index is 0.117. The predicted octanol–water partition coefficient (Wildman–Crippen LogP) is 13.2. The zero-order valence-corrected chi connectivity index (χ0v) is 28.5. The second kappa shape index (κ2) is 11.3.